The minimum absolute atomic E-state index is 0.164. The molecule has 0 aliphatic rings. The third-order valence-corrected chi connectivity index (χ3v) is 5.03. The maximum atomic E-state index is 12.3. The van der Waals surface area contributed by atoms with E-state index in [2.05, 4.69) is 10.3 Å². The van der Waals surface area contributed by atoms with E-state index in [1.807, 2.05) is 13.8 Å². The smallest absolute Gasteiger partial charge is 0.348 e. The molecular formula is C17H20N2O5S2. The van der Waals surface area contributed by atoms with Gasteiger partial charge in [-0.25, -0.2) is 14.6 Å². The van der Waals surface area contributed by atoms with Crippen LogP contribution >= 0.6 is 22.7 Å². The van der Waals surface area contributed by atoms with E-state index in [4.69, 9.17) is 9.47 Å². The molecule has 0 bridgehead atoms. The van der Waals surface area contributed by atoms with Crippen molar-refractivity contribution in [3.63, 3.8) is 0 Å². The molecule has 2 rings (SSSR count). The van der Waals surface area contributed by atoms with Crippen LogP contribution in [-0.2, 0) is 9.47 Å². The zero-order chi connectivity index (χ0) is 19.3. The van der Waals surface area contributed by atoms with E-state index in [9.17, 15) is 14.4 Å². The Morgan fingerprint density at radius 3 is 2.54 bits per heavy atom. The van der Waals surface area contributed by atoms with Gasteiger partial charge in [0, 0.05) is 5.38 Å². The molecular weight excluding hydrogens is 376 g/mol. The second-order valence-corrected chi connectivity index (χ2v) is 7.54. The van der Waals surface area contributed by atoms with Gasteiger partial charge in [-0.1, -0.05) is 13.8 Å². The van der Waals surface area contributed by atoms with Crippen molar-refractivity contribution in [2.24, 2.45) is 5.92 Å². The summed E-state index contributed by atoms with van der Waals surface area (Å²) in [6.07, 6.45) is 0. The quantitative estimate of drug-likeness (QED) is 0.716. The maximum absolute atomic E-state index is 12.3. The van der Waals surface area contributed by atoms with Crippen LogP contribution in [0.1, 0.15) is 56.9 Å². The highest BCUT2D eigenvalue weighted by atomic mass is 32.1. The molecule has 2 aromatic rings. The Bertz CT molecular complexity index is 796. The molecule has 9 heteroatoms. The molecule has 0 saturated carbocycles. The molecule has 0 fully saturated rings. The van der Waals surface area contributed by atoms with E-state index in [0.29, 0.717) is 5.56 Å². The van der Waals surface area contributed by atoms with Crippen molar-refractivity contribution in [2.45, 2.75) is 27.7 Å². The van der Waals surface area contributed by atoms with Gasteiger partial charge in [-0.3, -0.25) is 4.79 Å². The normalized spacial score (nSPS) is 10.7. The highest BCUT2D eigenvalue weighted by Gasteiger charge is 2.28. The molecule has 1 N–H and O–H groups in total. The first-order valence-corrected chi connectivity index (χ1v) is 9.78. The second kappa shape index (κ2) is 8.91. The fraction of sp³-hybridized carbons (Fsp3) is 0.412. The van der Waals surface area contributed by atoms with Crippen LogP contribution < -0.4 is 5.32 Å². The van der Waals surface area contributed by atoms with Crippen LogP contribution in [0.2, 0.25) is 0 Å². The molecule has 0 saturated heterocycles. The van der Waals surface area contributed by atoms with Crippen molar-refractivity contribution >= 4 is 45.5 Å². The van der Waals surface area contributed by atoms with Crippen LogP contribution in [0, 0.1) is 12.8 Å². The number of hydrogen-bond acceptors (Lipinski definition) is 8. The number of hydrogen-bond donors (Lipinski definition) is 1. The van der Waals surface area contributed by atoms with Gasteiger partial charge in [-0.15, -0.1) is 22.7 Å². The molecule has 0 aliphatic carbocycles. The van der Waals surface area contributed by atoms with Crippen molar-refractivity contribution in [3.8, 4) is 0 Å². The monoisotopic (exact) mass is 396 g/mol. The number of thiazole rings is 1. The number of esters is 2. The van der Waals surface area contributed by atoms with E-state index in [1.54, 1.807) is 19.2 Å². The van der Waals surface area contributed by atoms with Gasteiger partial charge in [0.05, 0.1) is 24.3 Å². The molecule has 2 heterocycles. The fourth-order valence-corrected chi connectivity index (χ4v) is 3.66. The number of thiophene rings is 1. The van der Waals surface area contributed by atoms with Crippen molar-refractivity contribution < 1.29 is 23.9 Å². The number of carbonyl (C=O) groups excluding carboxylic acids is 3. The summed E-state index contributed by atoms with van der Waals surface area (Å²) in [5.74, 6) is -1.40. The van der Waals surface area contributed by atoms with Crippen molar-refractivity contribution in [2.75, 3.05) is 18.5 Å². The maximum Gasteiger partial charge on any atom is 0.348 e. The average Bonchev–Trinajstić information content (AvgIpc) is 3.21. The number of nitrogens with zero attached hydrogens (tertiary/aromatic N) is 1. The van der Waals surface area contributed by atoms with Gasteiger partial charge < -0.3 is 14.8 Å². The summed E-state index contributed by atoms with van der Waals surface area (Å²) in [5, 5.41) is 4.49. The summed E-state index contributed by atoms with van der Waals surface area (Å²) in [6.45, 7) is 7.63. The van der Waals surface area contributed by atoms with Crippen LogP contribution in [0.15, 0.2) is 10.9 Å². The first kappa shape index (κ1) is 20.1. The van der Waals surface area contributed by atoms with E-state index in [-0.39, 0.29) is 40.3 Å². The van der Waals surface area contributed by atoms with E-state index in [0.717, 1.165) is 11.3 Å². The SMILES string of the molecule is CCOC(=O)c1c(NC(=O)c2cscn2)sc(C(=O)OCC(C)C)c1C. The number of ether oxygens (including phenoxy) is 2. The molecule has 26 heavy (non-hydrogen) atoms. The second-order valence-electron chi connectivity index (χ2n) is 5.80. The van der Waals surface area contributed by atoms with Crippen LogP contribution in [-0.4, -0.2) is 36.0 Å². The number of aromatic nitrogens is 1. The summed E-state index contributed by atoms with van der Waals surface area (Å²) in [7, 11) is 0. The van der Waals surface area contributed by atoms with Crippen molar-refractivity contribution in [1.29, 1.82) is 0 Å². The first-order valence-electron chi connectivity index (χ1n) is 8.02. The van der Waals surface area contributed by atoms with Crippen LogP contribution in [0.25, 0.3) is 0 Å². The Balaban J connectivity index is 2.35. The molecule has 0 unspecified atom stereocenters. The van der Waals surface area contributed by atoms with Crippen molar-refractivity contribution in [3.05, 3.63) is 32.6 Å². The van der Waals surface area contributed by atoms with Gasteiger partial charge in [0.25, 0.3) is 5.91 Å². The molecule has 2 aromatic heterocycles. The highest BCUT2D eigenvalue weighted by Crippen LogP contribution is 2.34. The van der Waals surface area contributed by atoms with Gasteiger partial charge >= 0.3 is 11.9 Å². The van der Waals surface area contributed by atoms with E-state index in [1.165, 1.54) is 16.8 Å². The predicted molar refractivity (Wildman–Crippen MR) is 100 cm³/mol. The molecule has 140 valence electrons. The van der Waals surface area contributed by atoms with E-state index >= 15 is 0 Å². The number of amides is 1. The summed E-state index contributed by atoms with van der Waals surface area (Å²) in [6, 6.07) is 0. The van der Waals surface area contributed by atoms with Gasteiger partial charge in [0.15, 0.2) is 0 Å². The molecule has 0 atom stereocenters. The lowest BCUT2D eigenvalue weighted by Crippen LogP contribution is -2.15. The molecule has 1 amide bonds. The molecule has 0 spiro atoms. The lowest BCUT2D eigenvalue weighted by atomic mass is 10.1. The fourth-order valence-electron chi connectivity index (χ4n) is 2.05. The molecule has 0 aliphatic heterocycles. The zero-order valence-electron chi connectivity index (χ0n) is 15.0. The Kier molecular flexibility index (Phi) is 6.87. The third-order valence-electron chi connectivity index (χ3n) is 3.25. The minimum Gasteiger partial charge on any atom is -0.462 e. The Morgan fingerprint density at radius 1 is 1.23 bits per heavy atom. The predicted octanol–water partition coefficient (Wildman–Crippen LogP) is 3.75. The third kappa shape index (κ3) is 4.67. The highest BCUT2D eigenvalue weighted by molar-refractivity contribution is 7.18. The Morgan fingerprint density at radius 2 is 1.96 bits per heavy atom. The molecule has 7 nitrogen and oxygen atoms in total. The number of nitrogens with one attached hydrogen (secondary N) is 1. The Labute approximate surface area is 159 Å². The molecule has 0 radical (unpaired) electrons. The average molecular weight is 396 g/mol. The number of rotatable bonds is 7. The topological polar surface area (TPSA) is 94.6 Å². The van der Waals surface area contributed by atoms with Gasteiger partial charge in [-0.05, 0) is 25.3 Å². The van der Waals surface area contributed by atoms with Gasteiger partial charge in [0.2, 0.25) is 0 Å². The van der Waals surface area contributed by atoms with Crippen LogP contribution in [0.4, 0.5) is 5.00 Å². The Hall–Kier alpha value is -2.26. The van der Waals surface area contributed by atoms with Crippen molar-refractivity contribution in [1.82, 2.24) is 4.98 Å². The lowest BCUT2D eigenvalue weighted by Gasteiger charge is -2.07. The summed E-state index contributed by atoms with van der Waals surface area (Å²) < 4.78 is 10.3. The van der Waals surface area contributed by atoms with Crippen LogP contribution in [0.5, 0.6) is 0 Å². The van der Waals surface area contributed by atoms with Gasteiger partial charge in [0.1, 0.15) is 15.6 Å². The summed E-state index contributed by atoms with van der Waals surface area (Å²) in [5.41, 5.74) is 2.36. The molecule has 0 aromatic carbocycles. The number of carbonyl (C=O) groups is 3. The number of anilines is 1. The van der Waals surface area contributed by atoms with E-state index < -0.39 is 17.8 Å². The summed E-state index contributed by atoms with van der Waals surface area (Å²) in [4.78, 5) is 41.2. The first-order chi connectivity index (χ1) is 12.3. The summed E-state index contributed by atoms with van der Waals surface area (Å²) >= 11 is 2.28. The minimum atomic E-state index is -0.599. The lowest BCUT2D eigenvalue weighted by molar-refractivity contribution is 0.0464. The zero-order valence-corrected chi connectivity index (χ0v) is 16.6. The van der Waals surface area contributed by atoms with Gasteiger partial charge in [-0.2, -0.15) is 0 Å². The standard InChI is InChI=1S/C17H20N2O5S2/c1-5-23-16(21)12-10(4)13(17(22)24-6-9(2)3)26-15(12)19-14(20)11-7-25-8-18-11/h7-9H,5-6H2,1-4H3,(H,19,20). The largest absolute Gasteiger partial charge is 0.462 e. The van der Waals surface area contributed by atoms with Crippen LogP contribution in [0.3, 0.4) is 0 Å².